The van der Waals surface area contributed by atoms with Crippen LogP contribution in [-0.4, -0.2) is 33.1 Å². The smallest absolute Gasteiger partial charge is 0.190 e. The number of hydrogen-bond donors (Lipinski definition) is 3. The summed E-state index contributed by atoms with van der Waals surface area (Å²) in [4.78, 5) is 4.00. The van der Waals surface area contributed by atoms with Crippen LogP contribution in [0.3, 0.4) is 0 Å². The Balaban J connectivity index is 0.00000289. The quantitative estimate of drug-likeness (QED) is 0.324. The highest BCUT2D eigenvalue weighted by atomic mass is 127. The van der Waals surface area contributed by atoms with Crippen molar-refractivity contribution in [1.82, 2.24) is 10.6 Å². The first-order valence-corrected chi connectivity index (χ1v) is 5.64. The van der Waals surface area contributed by atoms with Gasteiger partial charge in [-0.25, -0.2) is 4.39 Å². The maximum atomic E-state index is 12.9. The monoisotopic (exact) mass is 366 g/mol. The number of hydrogen-bond acceptors (Lipinski definition) is 2. The molecular formula is C12H20FIN4. The SMILES string of the molecule is CN=C(NC)NCCCNc1cccc(F)c1.I. The van der Waals surface area contributed by atoms with E-state index in [0.29, 0.717) is 0 Å². The highest BCUT2D eigenvalue weighted by Gasteiger charge is 1.95. The Labute approximate surface area is 124 Å². The van der Waals surface area contributed by atoms with E-state index in [0.717, 1.165) is 31.2 Å². The Bertz CT molecular complexity index is 371. The van der Waals surface area contributed by atoms with Crippen molar-refractivity contribution >= 4 is 35.6 Å². The zero-order valence-electron chi connectivity index (χ0n) is 10.7. The average molecular weight is 366 g/mol. The minimum Gasteiger partial charge on any atom is -0.385 e. The maximum absolute atomic E-state index is 12.9. The molecule has 0 radical (unpaired) electrons. The molecule has 0 spiro atoms. The fraction of sp³-hybridized carbons (Fsp3) is 0.417. The summed E-state index contributed by atoms with van der Waals surface area (Å²) in [5, 5.41) is 9.23. The molecule has 6 heteroatoms. The average Bonchev–Trinajstić information content (AvgIpc) is 2.34. The van der Waals surface area contributed by atoms with Gasteiger partial charge in [0, 0.05) is 32.9 Å². The molecule has 0 bridgehead atoms. The lowest BCUT2D eigenvalue weighted by Gasteiger charge is -2.09. The van der Waals surface area contributed by atoms with E-state index in [1.165, 1.54) is 12.1 Å². The summed E-state index contributed by atoms with van der Waals surface area (Å²) in [5.74, 6) is 0.555. The van der Waals surface area contributed by atoms with E-state index >= 15 is 0 Å². The van der Waals surface area contributed by atoms with Gasteiger partial charge in [-0.3, -0.25) is 4.99 Å². The van der Waals surface area contributed by atoms with E-state index in [2.05, 4.69) is 20.9 Å². The first-order valence-electron chi connectivity index (χ1n) is 5.64. The van der Waals surface area contributed by atoms with Gasteiger partial charge in [-0.1, -0.05) is 6.07 Å². The number of rotatable bonds is 5. The molecule has 102 valence electrons. The van der Waals surface area contributed by atoms with Gasteiger partial charge in [0.25, 0.3) is 0 Å². The van der Waals surface area contributed by atoms with Crippen LogP contribution in [0.1, 0.15) is 6.42 Å². The fourth-order valence-corrected chi connectivity index (χ4v) is 1.41. The van der Waals surface area contributed by atoms with Crippen LogP contribution < -0.4 is 16.0 Å². The van der Waals surface area contributed by atoms with Gasteiger partial charge in [-0.05, 0) is 24.6 Å². The molecule has 18 heavy (non-hydrogen) atoms. The molecular weight excluding hydrogens is 346 g/mol. The summed E-state index contributed by atoms with van der Waals surface area (Å²) in [6.45, 7) is 1.60. The van der Waals surface area contributed by atoms with Gasteiger partial charge in [0.15, 0.2) is 5.96 Å². The number of aliphatic imine (C=N–C) groups is 1. The second kappa shape index (κ2) is 9.93. The Morgan fingerprint density at radius 3 is 2.72 bits per heavy atom. The van der Waals surface area contributed by atoms with Crippen molar-refractivity contribution in [3.05, 3.63) is 30.1 Å². The zero-order chi connectivity index (χ0) is 12.5. The summed E-state index contributed by atoms with van der Waals surface area (Å²) in [6, 6.07) is 6.46. The van der Waals surface area contributed by atoms with Crippen molar-refractivity contribution in [3.63, 3.8) is 0 Å². The first-order chi connectivity index (χ1) is 8.26. The van der Waals surface area contributed by atoms with E-state index in [1.54, 1.807) is 13.1 Å². The van der Waals surface area contributed by atoms with Crippen LogP contribution in [0.25, 0.3) is 0 Å². The molecule has 1 rings (SSSR count). The Hall–Kier alpha value is -1.05. The van der Waals surface area contributed by atoms with Crippen molar-refractivity contribution < 1.29 is 4.39 Å². The van der Waals surface area contributed by atoms with Gasteiger partial charge < -0.3 is 16.0 Å². The maximum Gasteiger partial charge on any atom is 0.190 e. The second-order valence-corrected chi connectivity index (χ2v) is 3.54. The molecule has 0 heterocycles. The number of nitrogens with zero attached hydrogens (tertiary/aromatic N) is 1. The van der Waals surface area contributed by atoms with Crippen molar-refractivity contribution in [2.45, 2.75) is 6.42 Å². The third-order valence-corrected chi connectivity index (χ3v) is 2.26. The number of halogens is 2. The number of guanidine groups is 1. The van der Waals surface area contributed by atoms with Crippen LogP contribution in [0.5, 0.6) is 0 Å². The normalized spacial score (nSPS) is 10.5. The van der Waals surface area contributed by atoms with Gasteiger partial charge in [0.2, 0.25) is 0 Å². The number of anilines is 1. The molecule has 0 aromatic heterocycles. The Morgan fingerprint density at radius 2 is 2.11 bits per heavy atom. The molecule has 4 nitrogen and oxygen atoms in total. The Kier molecular flexibility index (Phi) is 9.35. The third kappa shape index (κ3) is 6.63. The van der Waals surface area contributed by atoms with Gasteiger partial charge in [0.1, 0.15) is 5.82 Å². The summed E-state index contributed by atoms with van der Waals surface area (Å²) >= 11 is 0. The number of nitrogens with one attached hydrogen (secondary N) is 3. The number of benzene rings is 1. The van der Waals surface area contributed by atoms with Crippen LogP contribution in [-0.2, 0) is 0 Å². The molecule has 1 aromatic carbocycles. The molecule has 0 aliphatic rings. The standard InChI is InChI=1S/C12H19FN4.HI/c1-14-12(15-2)17-8-4-7-16-11-6-3-5-10(13)9-11;/h3,5-6,9,16H,4,7-8H2,1-2H3,(H2,14,15,17);1H. The van der Waals surface area contributed by atoms with Crippen LogP contribution in [0.15, 0.2) is 29.3 Å². The van der Waals surface area contributed by atoms with Gasteiger partial charge in [-0.2, -0.15) is 0 Å². The lowest BCUT2D eigenvalue weighted by Crippen LogP contribution is -2.35. The van der Waals surface area contributed by atoms with Crippen molar-refractivity contribution in [2.24, 2.45) is 4.99 Å². The van der Waals surface area contributed by atoms with E-state index in [9.17, 15) is 4.39 Å². The molecule has 0 aliphatic carbocycles. The largest absolute Gasteiger partial charge is 0.385 e. The van der Waals surface area contributed by atoms with Crippen molar-refractivity contribution in [2.75, 3.05) is 32.5 Å². The zero-order valence-corrected chi connectivity index (χ0v) is 13.0. The summed E-state index contributed by atoms with van der Waals surface area (Å²) in [5.41, 5.74) is 0.808. The topological polar surface area (TPSA) is 48.5 Å². The molecule has 0 saturated carbocycles. The molecule has 0 fully saturated rings. The Morgan fingerprint density at radius 1 is 1.33 bits per heavy atom. The minimum atomic E-state index is -0.219. The third-order valence-electron chi connectivity index (χ3n) is 2.26. The predicted molar refractivity (Wildman–Crippen MR) is 85.3 cm³/mol. The highest BCUT2D eigenvalue weighted by Crippen LogP contribution is 2.08. The van der Waals surface area contributed by atoms with Crippen LogP contribution in [0.2, 0.25) is 0 Å². The lowest BCUT2D eigenvalue weighted by atomic mass is 10.3. The molecule has 0 amide bonds. The minimum absolute atomic E-state index is 0. The molecule has 0 aliphatic heterocycles. The van der Waals surface area contributed by atoms with E-state index in [4.69, 9.17) is 0 Å². The van der Waals surface area contributed by atoms with Crippen molar-refractivity contribution in [1.29, 1.82) is 0 Å². The highest BCUT2D eigenvalue weighted by molar-refractivity contribution is 14.0. The first kappa shape index (κ1) is 16.9. The van der Waals surface area contributed by atoms with E-state index in [-0.39, 0.29) is 29.8 Å². The molecule has 0 atom stereocenters. The van der Waals surface area contributed by atoms with Gasteiger partial charge in [-0.15, -0.1) is 24.0 Å². The van der Waals surface area contributed by atoms with Gasteiger partial charge in [0.05, 0.1) is 0 Å². The van der Waals surface area contributed by atoms with Crippen LogP contribution >= 0.6 is 24.0 Å². The second-order valence-electron chi connectivity index (χ2n) is 3.54. The summed E-state index contributed by atoms with van der Waals surface area (Å²) < 4.78 is 12.9. The predicted octanol–water partition coefficient (Wildman–Crippen LogP) is 2.04. The molecule has 0 unspecified atom stereocenters. The van der Waals surface area contributed by atoms with Crippen molar-refractivity contribution in [3.8, 4) is 0 Å². The molecule has 0 saturated heterocycles. The summed E-state index contributed by atoms with van der Waals surface area (Å²) in [6.07, 6.45) is 0.928. The lowest BCUT2D eigenvalue weighted by molar-refractivity contribution is 0.628. The molecule has 1 aromatic rings. The molecule has 3 N–H and O–H groups in total. The summed E-state index contributed by atoms with van der Waals surface area (Å²) in [7, 11) is 3.55. The van der Waals surface area contributed by atoms with Crippen LogP contribution in [0, 0.1) is 5.82 Å². The van der Waals surface area contributed by atoms with E-state index < -0.39 is 0 Å². The fourth-order valence-electron chi connectivity index (χ4n) is 1.41. The van der Waals surface area contributed by atoms with Crippen LogP contribution in [0.4, 0.5) is 10.1 Å². The van der Waals surface area contributed by atoms with E-state index in [1.807, 2.05) is 13.1 Å². The van der Waals surface area contributed by atoms with Gasteiger partial charge >= 0.3 is 0 Å².